The lowest BCUT2D eigenvalue weighted by Gasteiger charge is -2.28. The lowest BCUT2D eigenvalue weighted by molar-refractivity contribution is 0.118. The van der Waals surface area contributed by atoms with Crippen molar-refractivity contribution in [3.8, 4) is 0 Å². The van der Waals surface area contributed by atoms with Crippen molar-refractivity contribution in [3.05, 3.63) is 34.9 Å². The van der Waals surface area contributed by atoms with Gasteiger partial charge in [0.15, 0.2) is 9.84 Å². The lowest BCUT2D eigenvalue weighted by atomic mass is 10.1. The minimum atomic E-state index is -2.87. The molecule has 1 aromatic carbocycles. The third-order valence-electron chi connectivity index (χ3n) is 3.13. The number of aliphatic hydroxyl groups is 1. The molecule has 1 atom stereocenters. The molecule has 0 saturated carbocycles. The Hall–Kier alpha value is -0.620. The molecule has 1 aliphatic rings. The molecule has 1 saturated heterocycles. The smallest absolute Gasteiger partial charge is 0.152 e. The summed E-state index contributed by atoms with van der Waals surface area (Å²) in [5.41, 5.74) is 0.688. The van der Waals surface area contributed by atoms with E-state index in [1.165, 1.54) is 0 Å². The van der Waals surface area contributed by atoms with Gasteiger partial charge in [0.1, 0.15) is 0 Å². The molecule has 0 aromatic heterocycles. The van der Waals surface area contributed by atoms with Crippen LogP contribution in [0.1, 0.15) is 11.7 Å². The maximum Gasteiger partial charge on any atom is 0.152 e. The number of benzene rings is 1. The summed E-state index contributed by atoms with van der Waals surface area (Å²) in [6.45, 7) is 1.37. The summed E-state index contributed by atoms with van der Waals surface area (Å²) in [6.07, 6.45) is -0.681. The van der Waals surface area contributed by atoms with Gasteiger partial charge in [-0.25, -0.2) is 8.42 Å². The second-order valence-corrected chi connectivity index (χ2v) is 7.20. The van der Waals surface area contributed by atoms with Crippen LogP contribution in [0.5, 0.6) is 0 Å². The number of halogens is 1. The molecule has 0 aliphatic carbocycles. The van der Waals surface area contributed by atoms with E-state index >= 15 is 0 Å². The average molecular weight is 290 g/mol. The third kappa shape index (κ3) is 3.45. The number of hydrogen-bond acceptors (Lipinski definition) is 4. The number of nitrogens with zero attached hydrogens (tertiary/aromatic N) is 1. The first-order valence-corrected chi connectivity index (χ1v) is 8.03. The molecular formula is C12H16ClNO3S. The van der Waals surface area contributed by atoms with Gasteiger partial charge < -0.3 is 5.11 Å². The Morgan fingerprint density at radius 2 is 1.89 bits per heavy atom. The highest BCUT2D eigenvalue weighted by Gasteiger charge is 2.24. The molecule has 4 nitrogen and oxygen atoms in total. The number of sulfone groups is 1. The number of aliphatic hydroxyl groups excluding tert-OH is 1. The quantitative estimate of drug-likeness (QED) is 0.905. The molecule has 1 fully saturated rings. The van der Waals surface area contributed by atoms with Crippen LogP contribution in [0, 0.1) is 0 Å². The van der Waals surface area contributed by atoms with E-state index in [1.54, 1.807) is 12.1 Å². The molecule has 1 unspecified atom stereocenters. The van der Waals surface area contributed by atoms with Crippen LogP contribution in [0.25, 0.3) is 0 Å². The minimum absolute atomic E-state index is 0.169. The zero-order valence-corrected chi connectivity index (χ0v) is 11.5. The van der Waals surface area contributed by atoms with E-state index in [1.807, 2.05) is 17.0 Å². The zero-order valence-electron chi connectivity index (χ0n) is 9.92. The van der Waals surface area contributed by atoms with E-state index in [-0.39, 0.29) is 11.5 Å². The van der Waals surface area contributed by atoms with Gasteiger partial charge in [0.25, 0.3) is 0 Å². The van der Waals surface area contributed by atoms with Crippen molar-refractivity contribution in [2.75, 3.05) is 31.1 Å². The van der Waals surface area contributed by atoms with Gasteiger partial charge >= 0.3 is 0 Å². The van der Waals surface area contributed by atoms with Crippen molar-refractivity contribution in [2.45, 2.75) is 6.10 Å². The first-order chi connectivity index (χ1) is 8.48. The fourth-order valence-corrected chi connectivity index (χ4v) is 3.56. The average Bonchev–Trinajstić information content (AvgIpc) is 2.32. The van der Waals surface area contributed by atoms with Crippen molar-refractivity contribution >= 4 is 21.4 Å². The van der Waals surface area contributed by atoms with Crippen molar-refractivity contribution in [1.82, 2.24) is 4.90 Å². The summed E-state index contributed by atoms with van der Waals surface area (Å²) >= 11 is 6.01. The van der Waals surface area contributed by atoms with Gasteiger partial charge in [-0.3, -0.25) is 4.90 Å². The van der Waals surface area contributed by atoms with Gasteiger partial charge in [-0.05, 0) is 6.07 Å². The summed E-state index contributed by atoms with van der Waals surface area (Å²) in [7, 11) is -2.87. The van der Waals surface area contributed by atoms with Crippen LogP contribution >= 0.6 is 11.6 Å². The van der Waals surface area contributed by atoms with Crippen LogP contribution in [0.2, 0.25) is 5.02 Å². The molecule has 100 valence electrons. The topological polar surface area (TPSA) is 57.6 Å². The molecule has 1 N–H and O–H groups in total. The molecule has 0 spiro atoms. The van der Waals surface area contributed by atoms with Gasteiger partial charge in [-0.2, -0.15) is 0 Å². The monoisotopic (exact) mass is 289 g/mol. The second-order valence-electron chi connectivity index (χ2n) is 4.49. The minimum Gasteiger partial charge on any atom is -0.387 e. The summed E-state index contributed by atoms with van der Waals surface area (Å²) in [4.78, 5) is 1.95. The summed E-state index contributed by atoms with van der Waals surface area (Å²) in [5.74, 6) is 0.338. The molecular weight excluding hydrogens is 274 g/mol. The highest BCUT2D eigenvalue weighted by molar-refractivity contribution is 7.91. The standard InChI is InChI=1S/C12H16ClNO3S/c13-11-4-2-1-3-10(11)12(15)9-14-5-7-18(16,17)8-6-14/h1-4,12,15H,5-9H2. The Bertz CT molecular complexity index is 504. The predicted octanol–water partition coefficient (Wildman–Crippen LogP) is 1.10. The van der Waals surface area contributed by atoms with E-state index in [0.29, 0.717) is 30.2 Å². The predicted molar refractivity (Wildman–Crippen MR) is 71.5 cm³/mol. The molecule has 1 aromatic rings. The zero-order chi connectivity index (χ0) is 13.2. The van der Waals surface area contributed by atoms with Crippen molar-refractivity contribution in [2.24, 2.45) is 0 Å². The van der Waals surface area contributed by atoms with Crippen LogP contribution in [-0.2, 0) is 9.84 Å². The van der Waals surface area contributed by atoms with Crippen molar-refractivity contribution in [1.29, 1.82) is 0 Å². The molecule has 18 heavy (non-hydrogen) atoms. The largest absolute Gasteiger partial charge is 0.387 e. The molecule has 0 amide bonds. The van der Waals surface area contributed by atoms with Gasteiger partial charge in [-0.15, -0.1) is 0 Å². The fraction of sp³-hybridized carbons (Fsp3) is 0.500. The number of hydrogen-bond donors (Lipinski definition) is 1. The second kappa shape index (κ2) is 5.57. The fourth-order valence-electron chi connectivity index (χ4n) is 2.02. The lowest BCUT2D eigenvalue weighted by Crippen LogP contribution is -2.42. The molecule has 0 bridgehead atoms. The molecule has 6 heteroatoms. The molecule has 2 rings (SSSR count). The van der Waals surface area contributed by atoms with Crippen molar-refractivity contribution < 1.29 is 13.5 Å². The summed E-state index contributed by atoms with van der Waals surface area (Å²) < 4.78 is 22.6. The molecule has 1 aliphatic heterocycles. The van der Waals surface area contributed by atoms with Gasteiger partial charge in [0.2, 0.25) is 0 Å². The maximum absolute atomic E-state index is 11.3. The number of β-amino-alcohol motifs (C(OH)–C–C–N with tert-alkyl or cyclic N) is 1. The Morgan fingerprint density at radius 1 is 1.28 bits per heavy atom. The Kier molecular flexibility index (Phi) is 4.27. The van der Waals surface area contributed by atoms with E-state index in [9.17, 15) is 13.5 Å². The Balaban J connectivity index is 1.97. The highest BCUT2D eigenvalue weighted by atomic mass is 35.5. The van der Waals surface area contributed by atoms with Crippen LogP contribution in [0.4, 0.5) is 0 Å². The van der Waals surface area contributed by atoms with Gasteiger partial charge in [-0.1, -0.05) is 29.8 Å². The van der Waals surface area contributed by atoms with Crippen LogP contribution < -0.4 is 0 Å². The Morgan fingerprint density at radius 3 is 2.50 bits per heavy atom. The van der Waals surface area contributed by atoms with Crippen LogP contribution in [0.3, 0.4) is 0 Å². The first kappa shape index (κ1) is 13.8. The van der Waals surface area contributed by atoms with E-state index in [2.05, 4.69) is 0 Å². The van der Waals surface area contributed by atoms with E-state index in [0.717, 1.165) is 0 Å². The van der Waals surface area contributed by atoms with Crippen LogP contribution in [0.15, 0.2) is 24.3 Å². The Labute approximate surface area is 112 Å². The number of rotatable bonds is 3. The van der Waals surface area contributed by atoms with Crippen molar-refractivity contribution in [3.63, 3.8) is 0 Å². The summed E-state index contributed by atoms with van der Waals surface area (Å²) in [6, 6.07) is 7.16. The first-order valence-electron chi connectivity index (χ1n) is 5.83. The van der Waals surface area contributed by atoms with Gasteiger partial charge in [0.05, 0.1) is 17.6 Å². The normalized spacial score (nSPS) is 21.7. The third-order valence-corrected chi connectivity index (χ3v) is 5.09. The van der Waals surface area contributed by atoms with Gasteiger partial charge in [0, 0.05) is 30.2 Å². The maximum atomic E-state index is 11.3. The SMILES string of the molecule is O=S1(=O)CCN(CC(O)c2ccccc2Cl)CC1. The van der Waals surface area contributed by atoms with E-state index in [4.69, 9.17) is 11.6 Å². The molecule has 0 radical (unpaired) electrons. The molecule has 1 heterocycles. The summed E-state index contributed by atoms with van der Waals surface area (Å²) in [5, 5.41) is 10.6. The van der Waals surface area contributed by atoms with E-state index < -0.39 is 15.9 Å². The van der Waals surface area contributed by atoms with Crippen LogP contribution in [-0.4, -0.2) is 49.6 Å². The highest BCUT2D eigenvalue weighted by Crippen LogP contribution is 2.23.